The first-order valence-electron chi connectivity index (χ1n) is 7.83. The standard InChI is InChI=1S/C19H14Cl3FN2O/c20-14-4-1-12(2-5-14)3-6-18-17(23)10-24-19(25-18)26-11-13-7-15(21)9-16(22)8-13/h1-2,4-5,7-10H,3,6,11H2. The lowest BCUT2D eigenvalue weighted by atomic mass is 10.1. The Morgan fingerprint density at radius 1 is 0.846 bits per heavy atom. The number of hydrogen-bond acceptors (Lipinski definition) is 3. The Morgan fingerprint density at radius 2 is 1.54 bits per heavy atom. The molecular weight excluding hydrogens is 398 g/mol. The molecule has 0 fully saturated rings. The average molecular weight is 412 g/mol. The molecule has 0 aliphatic rings. The van der Waals surface area contributed by atoms with Gasteiger partial charge in [-0.1, -0.05) is 46.9 Å². The molecule has 0 saturated carbocycles. The van der Waals surface area contributed by atoms with Gasteiger partial charge in [0.15, 0.2) is 5.82 Å². The number of halogens is 4. The maximum atomic E-state index is 14.0. The molecule has 0 amide bonds. The van der Waals surface area contributed by atoms with E-state index in [9.17, 15) is 4.39 Å². The van der Waals surface area contributed by atoms with Crippen molar-refractivity contribution in [3.05, 3.63) is 86.4 Å². The molecule has 26 heavy (non-hydrogen) atoms. The molecule has 0 N–H and O–H groups in total. The summed E-state index contributed by atoms with van der Waals surface area (Å²) in [6.07, 6.45) is 2.17. The van der Waals surface area contributed by atoms with Crippen molar-refractivity contribution in [1.82, 2.24) is 9.97 Å². The van der Waals surface area contributed by atoms with Crippen molar-refractivity contribution in [2.24, 2.45) is 0 Å². The Bertz CT molecular complexity index is 884. The molecular formula is C19H14Cl3FN2O. The van der Waals surface area contributed by atoms with Gasteiger partial charge in [-0.05, 0) is 54.3 Å². The lowest BCUT2D eigenvalue weighted by Gasteiger charge is -2.08. The van der Waals surface area contributed by atoms with Gasteiger partial charge in [0.2, 0.25) is 0 Å². The van der Waals surface area contributed by atoms with Gasteiger partial charge in [0, 0.05) is 15.1 Å². The van der Waals surface area contributed by atoms with Crippen molar-refractivity contribution < 1.29 is 9.13 Å². The summed E-state index contributed by atoms with van der Waals surface area (Å²) in [5.41, 5.74) is 2.12. The van der Waals surface area contributed by atoms with Crippen molar-refractivity contribution in [2.75, 3.05) is 0 Å². The van der Waals surface area contributed by atoms with Crippen LogP contribution in [0.5, 0.6) is 6.01 Å². The van der Waals surface area contributed by atoms with Gasteiger partial charge in [0.1, 0.15) is 6.61 Å². The molecule has 0 spiro atoms. The predicted octanol–water partition coefficient (Wildman–Crippen LogP) is 5.94. The van der Waals surface area contributed by atoms with Crippen LogP contribution in [0.2, 0.25) is 15.1 Å². The number of benzene rings is 2. The van der Waals surface area contributed by atoms with Gasteiger partial charge in [-0.3, -0.25) is 0 Å². The van der Waals surface area contributed by atoms with Crippen LogP contribution in [0.1, 0.15) is 16.8 Å². The third kappa shape index (κ3) is 5.31. The first-order chi connectivity index (χ1) is 12.5. The molecule has 3 rings (SSSR count). The predicted molar refractivity (Wildman–Crippen MR) is 102 cm³/mol. The lowest BCUT2D eigenvalue weighted by molar-refractivity contribution is 0.278. The number of aryl methyl sites for hydroxylation is 2. The van der Waals surface area contributed by atoms with E-state index in [1.165, 1.54) is 0 Å². The van der Waals surface area contributed by atoms with Crippen LogP contribution in [0.4, 0.5) is 4.39 Å². The summed E-state index contributed by atoms with van der Waals surface area (Å²) in [6, 6.07) is 12.6. The number of rotatable bonds is 6. The minimum atomic E-state index is -0.461. The molecule has 0 radical (unpaired) electrons. The van der Waals surface area contributed by atoms with E-state index in [1.54, 1.807) is 30.3 Å². The maximum Gasteiger partial charge on any atom is 0.317 e. The van der Waals surface area contributed by atoms with Gasteiger partial charge in [0.25, 0.3) is 0 Å². The number of nitrogens with zero attached hydrogens (tertiary/aromatic N) is 2. The van der Waals surface area contributed by atoms with Crippen molar-refractivity contribution in [3.8, 4) is 6.01 Å². The molecule has 1 heterocycles. The maximum absolute atomic E-state index is 14.0. The highest BCUT2D eigenvalue weighted by atomic mass is 35.5. The van der Waals surface area contributed by atoms with Crippen LogP contribution in [-0.2, 0) is 19.4 Å². The van der Waals surface area contributed by atoms with E-state index in [0.717, 1.165) is 17.3 Å². The Hall–Kier alpha value is -1.88. The van der Waals surface area contributed by atoms with Gasteiger partial charge in [-0.25, -0.2) is 9.37 Å². The second-order valence-corrected chi connectivity index (χ2v) is 6.95. The van der Waals surface area contributed by atoms with E-state index >= 15 is 0 Å². The molecule has 0 unspecified atom stereocenters. The van der Waals surface area contributed by atoms with Gasteiger partial charge >= 0.3 is 6.01 Å². The van der Waals surface area contributed by atoms with Crippen LogP contribution in [0.15, 0.2) is 48.7 Å². The molecule has 134 valence electrons. The van der Waals surface area contributed by atoms with Crippen molar-refractivity contribution in [3.63, 3.8) is 0 Å². The van der Waals surface area contributed by atoms with Gasteiger partial charge in [-0.2, -0.15) is 4.98 Å². The number of ether oxygens (including phenoxy) is 1. The van der Waals surface area contributed by atoms with Gasteiger partial charge in [-0.15, -0.1) is 0 Å². The quantitative estimate of drug-likeness (QED) is 0.503. The highest BCUT2D eigenvalue weighted by Gasteiger charge is 2.09. The first kappa shape index (κ1) is 18.9. The zero-order valence-electron chi connectivity index (χ0n) is 13.6. The van der Waals surface area contributed by atoms with Crippen LogP contribution < -0.4 is 4.74 Å². The van der Waals surface area contributed by atoms with Crippen LogP contribution in [0.25, 0.3) is 0 Å². The molecule has 1 aromatic heterocycles. The molecule has 3 aromatic rings. The van der Waals surface area contributed by atoms with Crippen LogP contribution in [-0.4, -0.2) is 9.97 Å². The molecule has 7 heteroatoms. The minimum absolute atomic E-state index is 0.105. The van der Waals surface area contributed by atoms with E-state index in [-0.39, 0.29) is 12.6 Å². The second-order valence-electron chi connectivity index (χ2n) is 5.64. The van der Waals surface area contributed by atoms with Crippen LogP contribution in [0.3, 0.4) is 0 Å². The average Bonchev–Trinajstić information content (AvgIpc) is 2.60. The lowest BCUT2D eigenvalue weighted by Crippen LogP contribution is -2.05. The minimum Gasteiger partial charge on any atom is -0.459 e. The van der Waals surface area contributed by atoms with E-state index < -0.39 is 5.82 Å². The summed E-state index contributed by atoms with van der Waals surface area (Å²) in [7, 11) is 0. The molecule has 0 aliphatic carbocycles. The number of aromatic nitrogens is 2. The van der Waals surface area contributed by atoms with E-state index in [0.29, 0.717) is 33.6 Å². The second kappa shape index (κ2) is 8.67. The third-order valence-electron chi connectivity index (χ3n) is 3.65. The molecule has 3 nitrogen and oxygen atoms in total. The summed E-state index contributed by atoms with van der Waals surface area (Å²) in [6.45, 7) is 0.183. The first-order valence-corrected chi connectivity index (χ1v) is 8.96. The van der Waals surface area contributed by atoms with Crippen molar-refractivity contribution >= 4 is 34.8 Å². The van der Waals surface area contributed by atoms with Crippen molar-refractivity contribution in [2.45, 2.75) is 19.4 Å². The molecule has 0 saturated heterocycles. The normalized spacial score (nSPS) is 10.8. The highest BCUT2D eigenvalue weighted by Crippen LogP contribution is 2.20. The third-order valence-corrected chi connectivity index (χ3v) is 4.34. The molecule has 0 bridgehead atoms. The topological polar surface area (TPSA) is 35.0 Å². The fourth-order valence-electron chi connectivity index (χ4n) is 2.38. The fraction of sp³-hybridized carbons (Fsp3) is 0.158. The van der Waals surface area contributed by atoms with Crippen molar-refractivity contribution in [1.29, 1.82) is 0 Å². The Labute approximate surface area is 165 Å². The summed E-state index contributed by atoms with van der Waals surface area (Å²) in [4.78, 5) is 8.04. The Kier molecular flexibility index (Phi) is 6.30. The number of hydrogen-bond donors (Lipinski definition) is 0. The van der Waals surface area contributed by atoms with Gasteiger partial charge < -0.3 is 4.74 Å². The summed E-state index contributed by atoms with van der Waals surface area (Å²) < 4.78 is 19.5. The smallest absolute Gasteiger partial charge is 0.317 e. The molecule has 2 aromatic carbocycles. The fourth-order valence-corrected chi connectivity index (χ4v) is 3.08. The summed E-state index contributed by atoms with van der Waals surface area (Å²) >= 11 is 17.8. The highest BCUT2D eigenvalue weighted by molar-refractivity contribution is 6.34. The van der Waals surface area contributed by atoms with E-state index in [2.05, 4.69) is 9.97 Å². The SMILES string of the molecule is Fc1cnc(OCc2cc(Cl)cc(Cl)c2)nc1CCc1ccc(Cl)cc1. The Morgan fingerprint density at radius 3 is 2.23 bits per heavy atom. The van der Waals surface area contributed by atoms with Crippen LogP contribution >= 0.6 is 34.8 Å². The molecule has 0 atom stereocenters. The van der Waals surface area contributed by atoms with Gasteiger partial charge in [0.05, 0.1) is 11.9 Å². The summed E-state index contributed by atoms with van der Waals surface area (Å²) in [5, 5.41) is 1.69. The monoisotopic (exact) mass is 410 g/mol. The Balaban J connectivity index is 1.65. The van der Waals surface area contributed by atoms with E-state index in [1.807, 2.05) is 12.1 Å². The molecule has 0 aliphatic heterocycles. The van der Waals surface area contributed by atoms with Crippen LogP contribution in [0, 0.1) is 5.82 Å². The van der Waals surface area contributed by atoms with E-state index in [4.69, 9.17) is 39.5 Å². The zero-order chi connectivity index (χ0) is 18.5. The largest absolute Gasteiger partial charge is 0.459 e. The zero-order valence-corrected chi connectivity index (χ0v) is 15.8. The summed E-state index contributed by atoms with van der Waals surface area (Å²) in [5.74, 6) is -0.461.